The molecule has 1 aliphatic rings. The largest absolute Gasteiger partial charge is 0.326 e. The van der Waals surface area contributed by atoms with E-state index in [2.05, 4.69) is 4.72 Å². The number of nitrogens with two attached hydrogens (primary N) is 1. The zero-order chi connectivity index (χ0) is 15.8. The van der Waals surface area contributed by atoms with Crippen LogP contribution in [0, 0.1) is 24.0 Å². The summed E-state index contributed by atoms with van der Waals surface area (Å²) in [5.41, 5.74) is 6.73. The van der Waals surface area contributed by atoms with Crippen molar-refractivity contribution in [3.8, 4) is 0 Å². The second-order valence-electron chi connectivity index (χ2n) is 5.47. The van der Waals surface area contributed by atoms with E-state index >= 15 is 0 Å². The molecule has 0 radical (unpaired) electrons. The van der Waals surface area contributed by atoms with Gasteiger partial charge in [0, 0.05) is 24.2 Å². The first-order valence-corrected chi connectivity index (χ1v) is 8.24. The van der Waals surface area contributed by atoms with Gasteiger partial charge in [0.05, 0.1) is 9.82 Å². The minimum Gasteiger partial charge on any atom is -0.326 e. The third-order valence-corrected chi connectivity index (χ3v) is 5.60. The molecule has 2 atom stereocenters. The van der Waals surface area contributed by atoms with E-state index in [9.17, 15) is 18.5 Å². The van der Waals surface area contributed by atoms with Crippen LogP contribution in [0.2, 0.25) is 0 Å². The first-order valence-electron chi connectivity index (χ1n) is 6.76. The van der Waals surface area contributed by atoms with E-state index in [1.54, 1.807) is 13.8 Å². The number of hydrogen-bond donors (Lipinski definition) is 2. The summed E-state index contributed by atoms with van der Waals surface area (Å²) in [7, 11) is -3.82. The summed E-state index contributed by atoms with van der Waals surface area (Å²) in [6, 6.07) is 1.95. The average Bonchev–Trinajstić information content (AvgIpc) is 2.77. The van der Waals surface area contributed by atoms with Crippen LogP contribution in [-0.4, -0.2) is 25.4 Å². The molecule has 0 heterocycles. The van der Waals surface area contributed by atoms with Crippen molar-refractivity contribution in [2.45, 2.75) is 50.1 Å². The lowest BCUT2D eigenvalue weighted by Crippen LogP contribution is -2.44. The maximum Gasteiger partial charge on any atom is 0.271 e. The lowest BCUT2D eigenvalue weighted by molar-refractivity contribution is -0.385. The lowest BCUT2D eigenvalue weighted by Gasteiger charge is -2.18. The van der Waals surface area contributed by atoms with Gasteiger partial charge in [-0.05, 0) is 37.8 Å². The summed E-state index contributed by atoms with van der Waals surface area (Å²) in [6.07, 6.45) is 2.34. The molecule has 0 saturated heterocycles. The Morgan fingerprint density at radius 2 is 2.00 bits per heavy atom. The second-order valence-corrected chi connectivity index (χ2v) is 7.15. The fourth-order valence-corrected chi connectivity index (χ4v) is 4.25. The van der Waals surface area contributed by atoms with Crippen LogP contribution in [0.1, 0.15) is 30.4 Å². The van der Waals surface area contributed by atoms with Crippen LogP contribution in [-0.2, 0) is 10.0 Å². The number of aryl methyl sites for hydroxylation is 1. The van der Waals surface area contributed by atoms with Crippen LogP contribution in [0.5, 0.6) is 0 Å². The predicted octanol–water partition coefficient (Wildman–Crippen LogP) is 1.37. The molecule has 1 aliphatic carbocycles. The highest BCUT2D eigenvalue weighted by atomic mass is 32.2. The number of benzene rings is 1. The zero-order valence-corrected chi connectivity index (χ0v) is 12.8. The van der Waals surface area contributed by atoms with Crippen LogP contribution in [0.15, 0.2) is 17.0 Å². The number of hydrogen-bond acceptors (Lipinski definition) is 5. The van der Waals surface area contributed by atoms with E-state index in [1.807, 2.05) is 0 Å². The summed E-state index contributed by atoms with van der Waals surface area (Å²) in [4.78, 5) is 10.3. The molecule has 0 aromatic heterocycles. The molecule has 1 fully saturated rings. The van der Waals surface area contributed by atoms with Crippen molar-refractivity contribution in [2.24, 2.45) is 5.73 Å². The van der Waals surface area contributed by atoms with Crippen LogP contribution in [0.4, 0.5) is 5.69 Å². The number of nitro benzene ring substituents is 1. The van der Waals surface area contributed by atoms with Gasteiger partial charge in [0.25, 0.3) is 5.69 Å². The maximum atomic E-state index is 12.5. The maximum absolute atomic E-state index is 12.5. The first kappa shape index (κ1) is 15.9. The van der Waals surface area contributed by atoms with Crippen LogP contribution < -0.4 is 10.5 Å². The number of rotatable bonds is 4. The standard InChI is InChI=1S/C13H19N3O4S/c1-8-6-10(16(17)18)7-13(9(8)2)21(19,20)15-12-5-3-4-11(12)14/h6-7,11-12,15H,3-5,14H2,1-2H3. The van der Waals surface area contributed by atoms with E-state index in [1.165, 1.54) is 6.07 Å². The first-order chi connectivity index (χ1) is 9.72. The molecule has 0 spiro atoms. The Kier molecular flexibility index (Phi) is 4.31. The molecule has 21 heavy (non-hydrogen) atoms. The fourth-order valence-electron chi connectivity index (χ4n) is 2.59. The quantitative estimate of drug-likeness (QED) is 0.643. The van der Waals surface area contributed by atoms with Gasteiger partial charge in [0.2, 0.25) is 10.0 Å². The molecule has 1 saturated carbocycles. The summed E-state index contributed by atoms with van der Waals surface area (Å²) >= 11 is 0. The highest BCUT2D eigenvalue weighted by Gasteiger charge is 2.30. The van der Waals surface area contributed by atoms with Gasteiger partial charge in [0.1, 0.15) is 0 Å². The molecule has 8 heteroatoms. The Balaban J connectivity index is 2.41. The normalized spacial score (nSPS) is 22.4. The van der Waals surface area contributed by atoms with Gasteiger partial charge in [-0.2, -0.15) is 0 Å². The van der Waals surface area contributed by atoms with E-state index in [0.29, 0.717) is 17.5 Å². The molecule has 1 aromatic carbocycles. The number of nitrogens with one attached hydrogen (secondary N) is 1. The summed E-state index contributed by atoms with van der Waals surface area (Å²) < 4.78 is 27.6. The van der Waals surface area contributed by atoms with Crippen molar-refractivity contribution < 1.29 is 13.3 Å². The molecule has 3 N–H and O–H groups in total. The summed E-state index contributed by atoms with van der Waals surface area (Å²) in [5.74, 6) is 0. The van der Waals surface area contributed by atoms with Gasteiger partial charge in [-0.3, -0.25) is 10.1 Å². The van der Waals surface area contributed by atoms with Gasteiger partial charge < -0.3 is 5.73 Å². The van der Waals surface area contributed by atoms with E-state index in [4.69, 9.17) is 5.73 Å². The summed E-state index contributed by atoms with van der Waals surface area (Å²) in [6.45, 7) is 3.30. The molecule has 2 unspecified atom stereocenters. The molecule has 0 bridgehead atoms. The minimum atomic E-state index is -3.82. The third kappa shape index (κ3) is 3.22. The van der Waals surface area contributed by atoms with Gasteiger partial charge >= 0.3 is 0 Å². The Bertz CT molecular complexity index is 672. The van der Waals surface area contributed by atoms with Gasteiger partial charge in [0.15, 0.2) is 0 Å². The van der Waals surface area contributed by atoms with Gasteiger partial charge in [-0.1, -0.05) is 6.42 Å². The third-order valence-electron chi connectivity index (χ3n) is 3.98. The average molecular weight is 313 g/mol. The van der Waals surface area contributed by atoms with Crippen molar-refractivity contribution in [3.63, 3.8) is 0 Å². The molecular formula is C13H19N3O4S. The Labute approximate surface area is 123 Å². The highest BCUT2D eigenvalue weighted by molar-refractivity contribution is 7.89. The van der Waals surface area contributed by atoms with Crippen LogP contribution in [0.3, 0.4) is 0 Å². The van der Waals surface area contributed by atoms with Gasteiger partial charge in [-0.25, -0.2) is 13.1 Å². The minimum absolute atomic E-state index is 0.0479. The topological polar surface area (TPSA) is 115 Å². The van der Waals surface area contributed by atoms with Crippen molar-refractivity contribution in [1.29, 1.82) is 0 Å². The second kappa shape index (κ2) is 5.70. The molecule has 2 rings (SSSR count). The highest BCUT2D eigenvalue weighted by Crippen LogP contribution is 2.27. The fraction of sp³-hybridized carbons (Fsp3) is 0.538. The zero-order valence-electron chi connectivity index (χ0n) is 12.0. The molecule has 1 aromatic rings. The molecular weight excluding hydrogens is 294 g/mol. The van der Waals surface area contributed by atoms with E-state index in [-0.39, 0.29) is 22.7 Å². The van der Waals surface area contributed by atoms with Crippen molar-refractivity contribution >= 4 is 15.7 Å². The monoisotopic (exact) mass is 313 g/mol. The van der Waals surface area contributed by atoms with E-state index < -0.39 is 14.9 Å². The Morgan fingerprint density at radius 1 is 1.33 bits per heavy atom. The van der Waals surface area contributed by atoms with Gasteiger partial charge in [-0.15, -0.1) is 0 Å². The lowest BCUT2D eigenvalue weighted by atomic mass is 10.1. The number of sulfonamides is 1. The smallest absolute Gasteiger partial charge is 0.271 e. The van der Waals surface area contributed by atoms with Crippen molar-refractivity contribution in [1.82, 2.24) is 4.72 Å². The number of non-ortho nitro benzene ring substituents is 1. The van der Waals surface area contributed by atoms with Crippen LogP contribution in [0.25, 0.3) is 0 Å². The number of nitro groups is 1. The predicted molar refractivity (Wildman–Crippen MR) is 78.5 cm³/mol. The molecule has 7 nitrogen and oxygen atoms in total. The van der Waals surface area contributed by atoms with Crippen LogP contribution >= 0.6 is 0 Å². The SMILES string of the molecule is Cc1cc([N+](=O)[O-])cc(S(=O)(=O)NC2CCCC2N)c1C. The van der Waals surface area contributed by atoms with Crippen molar-refractivity contribution in [2.75, 3.05) is 0 Å². The van der Waals surface area contributed by atoms with E-state index in [0.717, 1.165) is 18.9 Å². The Morgan fingerprint density at radius 3 is 2.52 bits per heavy atom. The molecule has 0 amide bonds. The Hall–Kier alpha value is -1.51. The van der Waals surface area contributed by atoms with Crippen molar-refractivity contribution in [3.05, 3.63) is 33.4 Å². The summed E-state index contributed by atoms with van der Waals surface area (Å²) in [5, 5.41) is 10.9. The molecule has 0 aliphatic heterocycles. The number of nitrogens with zero attached hydrogens (tertiary/aromatic N) is 1. The molecule has 116 valence electrons.